The predicted molar refractivity (Wildman–Crippen MR) is 91.7 cm³/mol. The van der Waals surface area contributed by atoms with E-state index in [1.54, 1.807) is 6.07 Å². The Labute approximate surface area is 143 Å². The van der Waals surface area contributed by atoms with E-state index >= 15 is 0 Å². The van der Waals surface area contributed by atoms with Gasteiger partial charge in [0.25, 0.3) is 5.91 Å². The molecule has 0 radical (unpaired) electrons. The van der Waals surface area contributed by atoms with Crippen molar-refractivity contribution in [2.24, 2.45) is 0 Å². The molecule has 0 unspecified atom stereocenters. The average Bonchev–Trinajstić information content (AvgIpc) is 3.18. The lowest BCUT2D eigenvalue weighted by Gasteiger charge is -2.14. The molecule has 1 saturated heterocycles. The minimum Gasteiger partial charge on any atom is -0.389 e. The molecule has 1 aliphatic heterocycles. The first-order valence-corrected chi connectivity index (χ1v) is 8.01. The maximum absolute atomic E-state index is 12.9. The summed E-state index contributed by atoms with van der Waals surface area (Å²) in [5.74, 6) is -0.308. The Hall–Kier alpha value is -2.34. The minimum absolute atomic E-state index is 0.123. The van der Waals surface area contributed by atoms with Gasteiger partial charge < -0.3 is 10.1 Å². The van der Waals surface area contributed by atoms with Crippen molar-refractivity contribution in [3.05, 3.63) is 59.2 Å². The van der Waals surface area contributed by atoms with Gasteiger partial charge in [0.05, 0.1) is 6.54 Å². The summed E-state index contributed by atoms with van der Waals surface area (Å²) >= 11 is 6.15. The summed E-state index contributed by atoms with van der Waals surface area (Å²) in [5, 5.41) is 12.3. The number of aliphatic hydroxyl groups excluding tert-OH is 1. The lowest BCUT2D eigenvalue weighted by molar-refractivity contribution is -0.0782. The molecule has 3 aromatic rings. The molecule has 0 bridgehead atoms. The molecule has 4 rings (SSSR count). The zero-order valence-electron chi connectivity index (χ0n) is 12.7. The zero-order chi connectivity index (χ0) is 16.7. The van der Waals surface area contributed by atoms with E-state index in [-0.39, 0.29) is 19.1 Å². The van der Waals surface area contributed by atoms with Gasteiger partial charge in [0.2, 0.25) is 0 Å². The lowest BCUT2D eigenvalue weighted by Crippen LogP contribution is -2.29. The van der Waals surface area contributed by atoms with Crippen LogP contribution in [0, 0.1) is 0 Å². The number of benzene rings is 2. The molecule has 1 fully saturated rings. The summed E-state index contributed by atoms with van der Waals surface area (Å²) in [6, 6.07) is 15.1. The molecular weight excluding hydrogens is 328 g/mol. The minimum atomic E-state index is -0.659. The molecule has 1 aliphatic rings. The number of amides is 1. The number of hydroxylamine groups is 2. The fourth-order valence-corrected chi connectivity index (χ4v) is 3.14. The van der Waals surface area contributed by atoms with E-state index in [2.05, 4.69) is 4.98 Å². The Morgan fingerprint density at radius 3 is 2.75 bits per heavy atom. The van der Waals surface area contributed by atoms with Crippen LogP contribution >= 0.6 is 11.6 Å². The quantitative estimate of drug-likeness (QED) is 0.751. The lowest BCUT2D eigenvalue weighted by atomic mass is 10.0. The molecule has 6 heteroatoms. The van der Waals surface area contributed by atoms with Gasteiger partial charge in [0.15, 0.2) is 0 Å². The van der Waals surface area contributed by atoms with Crippen molar-refractivity contribution in [1.29, 1.82) is 0 Å². The summed E-state index contributed by atoms with van der Waals surface area (Å²) < 4.78 is 0. The molecule has 2 aromatic carbocycles. The summed E-state index contributed by atoms with van der Waals surface area (Å²) in [4.78, 5) is 21.3. The number of nitrogens with one attached hydrogen (secondary N) is 1. The average molecular weight is 343 g/mol. The van der Waals surface area contributed by atoms with Crippen molar-refractivity contribution < 1.29 is 14.7 Å². The monoisotopic (exact) mass is 342 g/mol. The number of hydrogen-bond acceptors (Lipinski definition) is 3. The van der Waals surface area contributed by atoms with E-state index in [0.29, 0.717) is 10.7 Å². The number of aromatic amines is 1. The van der Waals surface area contributed by atoms with Crippen molar-refractivity contribution in [2.75, 3.05) is 13.2 Å². The number of hydrogen-bond donors (Lipinski definition) is 2. The SMILES string of the molecule is O=C(c1[nH]c2ccc(Cl)cc2c1-c1ccccc1)N1C[C@@H](O)CO1. The van der Waals surface area contributed by atoms with Gasteiger partial charge in [-0.2, -0.15) is 0 Å². The molecule has 1 amide bonds. The Bertz CT molecular complexity index is 907. The maximum Gasteiger partial charge on any atom is 0.294 e. The highest BCUT2D eigenvalue weighted by Crippen LogP contribution is 2.35. The Kier molecular flexibility index (Phi) is 3.76. The number of halogens is 1. The van der Waals surface area contributed by atoms with Crippen molar-refractivity contribution >= 4 is 28.4 Å². The number of carbonyl (C=O) groups is 1. The fourth-order valence-electron chi connectivity index (χ4n) is 2.97. The third kappa shape index (κ3) is 2.57. The highest BCUT2D eigenvalue weighted by Gasteiger charge is 2.30. The van der Waals surface area contributed by atoms with Crippen LogP contribution in [0.15, 0.2) is 48.5 Å². The number of carbonyl (C=O) groups excluding carboxylic acids is 1. The van der Waals surface area contributed by atoms with E-state index in [9.17, 15) is 9.90 Å². The van der Waals surface area contributed by atoms with E-state index in [4.69, 9.17) is 16.4 Å². The molecule has 0 aliphatic carbocycles. The van der Waals surface area contributed by atoms with Crippen LogP contribution in [0.3, 0.4) is 0 Å². The van der Waals surface area contributed by atoms with Crippen molar-refractivity contribution in [1.82, 2.24) is 10.0 Å². The van der Waals surface area contributed by atoms with Crippen LogP contribution in [-0.4, -0.2) is 40.3 Å². The van der Waals surface area contributed by atoms with Gasteiger partial charge in [-0.1, -0.05) is 41.9 Å². The molecule has 2 heterocycles. The summed E-state index contributed by atoms with van der Waals surface area (Å²) in [6.07, 6.45) is -0.659. The topological polar surface area (TPSA) is 65.6 Å². The van der Waals surface area contributed by atoms with Crippen molar-refractivity contribution in [3.8, 4) is 11.1 Å². The summed E-state index contributed by atoms with van der Waals surface area (Å²) in [6.45, 7) is 0.279. The summed E-state index contributed by atoms with van der Waals surface area (Å²) in [5.41, 5.74) is 2.94. The van der Waals surface area contributed by atoms with Gasteiger partial charge in [-0.05, 0) is 23.8 Å². The second-order valence-electron chi connectivity index (χ2n) is 5.75. The highest BCUT2D eigenvalue weighted by molar-refractivity contribution is 6.31. The standard InChI is InChI=1S/C18H15ClN2O3/c19-12-6-7-15-14(8-12)16(11-4-2-1-3-5-11)17(20-15)18(23)21-9-13(22)10-24-21/h1-8,13,20,22H,9-10H2/t13-/m1/s1. The van der Waals surface area contributed by atoms with Crippen LogP contribution in [-0.2, 0) is 4.84 Å². The number of β-amino-alcohol motifs (C(OH)–C–C–N with tert-alkyl or cyclic N) is 1. The predicted octanol–water partition coefficient (Wildman–Crippen LogP) is 3.24. The second-order valence-corrected chi connectivity index (χ2v) is 6.18. The maximum atomic E-state index is 12.9. The van der Waals surface area contributed by atoms with Crippen molar-refractivity contribution in [2.45, 2.75) is 6.10 Å². The van der Waals surface area contributed by atoms with Gasteiger partial charge in [0.1, 0.15) is 18.4 Å². The summed E-state index contributed by atoms with van der Waals surface area (Å²) in [7, 11) is 0. The number of rotatable bonds is 2. The number of nitrogens with zero attached hydrogens (tertiary/aromatic N) is 1. The molecule has 0 saturated carbocycles. The van der Waals surface area contributed by atoms with Crippen LogP contribution < -0.4 is 0 Å². The first kappa shape index (κ1) is 15.2. The zero-order valence-corrected chi connectivity index (χ0v) is 13.5. The van der Waals surface area contributed by atoms with Gasteiger partial charge in [-0.3, -0.25) is 9.63 Å². The third-order valence-electron chi connectivity index (χ3n) is 4.06. The number of aliphatic hydroxyl groups is 1. The van der Waals surface area contributed by atoms with Crippen LogP contribution in [0.2, 0.25) is 5.02 Å². The van der Waals surface area contributed by atoms with Crippen LogP contribution in [0.1, 0.15) is 10.5 Å². The van der Waals surface area contributed by atoms with Gasteiger partial charge in [-0.25, -0.2) is 5.06 Å². The van der Waals surface area contributed by atoms with Crippen LogP contribution in [0.4, 0.5) is 0 Å². The first-order chi connectivity index (χ1) is 11.6. The Balaban J connectivity index is 1.90. The number of aromatic nitrogens is 1. The van der Waals surface area contributed by atoms with Gasteiger partial charge >= 0.3 is 0 Å². The van der Waals surface area contributed by atoms with Crippen LogP contribution in [0.5, 0.6) is 0 Å². The van der Waals surface area contributed by atoms with Crippen molar-refractivity contribution in [3.63, 3.8) is 0 Å². The molecule has 1 aromatic heterocycles. The molecule has 2 N–H and O–H groups in total. The molecule has 5 nitrogen and oxygen atoms in total. The largest absolute Gasteiger partial charge is 0.389 e. The van der Waals surface area contributed by atoms with Gasteiger partial charge in [-0.15, -0.1) is 0 Å². The second kappa shape index (κ2) is 5.94. The Morgan fingerprint density at radius 1 is 1.25 bits per heavy atom. The Morgan fingerprint density at radius 2 is 2.04 bits per heavy atom. The van der Waals surface area contributed by atoms with Crippen LogP contribution in [0.25, 0.3) is 22.0 Å². The molecule has 0 spiro atoms. The fraction of sp³-hybridized carbons (Fsp3) is 0.167. The number of fused-ring (bicyclic) bond motifs is 1. The van der Waals surface area contributed by atoms with E-state index in [1.807, 2.05) is 42.5 Å². The molecule has 122 valence electrons. The smallest absolute Gasteiger partial charge is 0.294 e. The first-order valence-electron chi connectivity index (χ1n) is 7.63. The van der Waals surface area contributed by atoms with E-state index in [1.165, 1.54) is 5.06 Å². The van der Waals surface area contributed by atoms with E-state index in [0.717, 1.165) is 22.0 Å². The molecular formula is C18H15ClN2O3. The molecule has 1 atom stereocenters. The highest BCUT2D eigenvalue weighted by atomic mass is 35.5. The number of H-pyrrole nitrogens is 1. The molecule has 24 heavy (non-hydrogen) atoms. The third-order valence-corrected chi connectivity index (χ3v) is 4.30. The van der Waals surface area contributed by atoms with E-state index < -0.39 is 6.10 Å². The van der Waals surface area contributed by atoms with Gasteiger partial charge in [0, 0.05) is 21.5 Å². The normalized spacial score (nSPS) is 17.6.